The van der Waals surface area contributed by atoms with E-state index in [1.807, 2.05) is 42.5 Å². The number of carbonyl (C=O) groups excluding carboxylic acids is 1. The van der Waals surface area contributed by atoms with E-state index in [-0.39, 0.29) is 11.9 Å². The van der Waals surface area contributed by atoms with E-state index < -0.39 is 0 Å². The normalized spacial score (nSPS) is 14.4. The van der Waals surface area contributed by atoms with Gasteiger partial charge in [0, 0.05) is 29.1 Å². The first kappa shape index (κ1) is 23.3. The molecule has 34 heavy (non-hydrogen) atoms. The summed E-state index contributed by atoms with van der Waals surface area (Å²) in [5, 5.41) is 17.4. The summed E-state index contributed by atoms with van der Waals surface area (Å²) in [5.41, 5.74) is 3.23. The molecular weight excluding hydrogens is 426 g/mol. The van der Waals surface area contributed by atoms with Crippen LogP contribution in [-0.4, -0.2) is 55.6 Å². The lowest BCUT2D eigenvalue weighted by Gasteiger charge is -2.29. The molecule has 4 rings (SSSR count). The topological polar surface area (TPSA) is 90.3 Å². The lowest BCUT2D eigenvalue weighted by atomic mass is 10.0. The van der Waals surface area contributed by atoms with E-state index in [2.05, 4.69) is 40.2 Å². The van der Waals surface area contributed by atoms with Crippen LogP contribution in [0.3, 0.4) is 0 Å². The van der Waals surface area contributed by atoms with Gasteiger partial charge in [-0.2, -0.15) is 5.26 Å². The van der Waals surface area contributed by atoms with Crippen LogP contribution in [0.15, 0.2) is 60.7 Å². The van der Waals surface area contributed by atoms with Gasteiger partial charge in [0.1, 0.15) is 11.4 Å². The van der Waals surface area contributed by atoms with Gasteiger partial charge in [-0.25, -0.2) is 4.98 Å². The Kier molecular flexibility index (Phi) is 7.09. The second kappa shape index (κ2) is 10.4. The molecule has 1 amide bonds. The van der Waals surface area contributed by atoms with Gasteiger partial charge in [-0.1, -0.05) is 30.8 Å². The number of methoxy groups -OCH3 is 1. The molecule has 7 heteroatoms. The number of fused-ring (bicyclic) bond motifs is 1. The van der Waals surface area contributed by atoms with Gasteiger partial charge < -0.3 is 20.3 Å². The van der Waals surface area contributed by atoms with Crippen LogP contribution in [0.1, 0.15) is 23.3 Å². The number of nitrogens with zero attached hydrogens (tertiary/aromatic N) is 3. The van der Waals surface area contributed by atoms with Gasteiger partial charge in [0.25, 0.3) is 5.91 Å². The third kappa shape index (κ3) is 5.19. The molecule has 0 radical (unpaired) electrons. The second-order valence-corrected chi connectivity index (χ2v) is 8.61. The minimum Gasteiger partial charge on any atom is -0.495 e. The molecule has 1 aromatic heterocycles. The highest BCUT2D eigenvalue weighted by Gasteiger charge is 2.20. The Morgan fingerprint density at radius 1 is 1.24 bits per heavy atom. The van der Waals surface area contributed by atoms with Crippen molar-refractivity contribution in [2.45, 2.75) is 18.9 Å². The van der Waals surface area contributed by atoms with E-state index in [0.29, 0.717) is 29.3 Å². The Morgan fingerprint density at radius 2 is 2.00 bits per heavy atom. The summed E-state index contributed by atoms with van der Waals surface area (Å²) in [6.45, 7) is 6.03. The number of benzene rings is 2. The van der Waals surface area contributed by atoms with Crippen LogP contribution in [0.5, 0.6) is 5.75 Å². The molecule has 1 fully saturated rings. The Balaban J connectivity index is 1.62. The monoisotopic (exact) mass is 455 g/mol. The molecule has 174 valence electrons. The minimum atomic E-state index is -0.142. The van der Waals surface area contributed by atoms with Crippen LogP contribution in [-0.2, 0) is 0 Å². The van der Waals surface area contributed by atoms with Crippen molar-refractivity contribution >= 4 is 22.4 Å². The number of hydrogen-bond acceptors (Lipinski definition) is 6. The number of rotatable bonds is 7. The van der Waals surface area contributed by atoms with Gasteiger partial charge in [-0.05, 0) is 62.6 Å². The summed E-state index contributed by atoms with van der Waals surface area (Å²) < 4.78 is 5.55. The number of nitriles is 1. The molecule has 2 N–H and O–H groups in total. The molecule has 0 atom stereocenters. The SMILES string of the molecule is C=C(C#N)CNc1c(OC)ccc2ccc(-c3cccc(C(=O)NC4CCN(C)CC4)n3)cc12. The predicted octanol–water partition coefficient (Wildman–Crippen LogP) is 4.23. The zero-order chi connectivity index (χ0) is 24.1. The first-order chi connectivity index (χ1) is 16.5. The molecule has 0 bridgehead atoms. The Labute approximate surface area is 200 Å². The molecule has 3 aromatic rings. The number of nitrogens with one attached hydrogen (secondary N) is 2. The standard InChI is InChI=1S/C27H29N5O2/c1-18(16-28)17-29-26-22-15-20(8-7-19(22)9-10-25(26)34-3)23-5-4-6-24(31-23)27(33)30-21-11-13-32(2)14-12-21/h4-10,15,21,29H,1,11-14,17H2,2-3H3,(H,30,33). The number of anilines is 1. The van der Waals surface area contributed by atoms with Crippen LogP contribution in [0.2, 0.25) is 0 Å². The van der Waals surface area contributed by atoms with Crippen molar-refractivity contribution in [1.82, 2.24) is 15.2 Å². The Bertz CT molecular complexity index is 1260. The van der Waals surface area contributed by atoms with Gasteiger partial charge in [0.2, 0.25) is 0 Å². The highest BCUT2D eigenvalue weighted by Crippen LogP contribution is 2.35. The summed E-state index contributed by atoms with van der Waals surface area (Å²) in [4.78, 5) is 19.8. The molecule has 0 unspecified atom stereocenters. The minimum absolute atomic E-state index is 0.142. The molecule has 2 heterocycles. The number of amides is 1. The fourth-order valence-corrected chi connectivity index (χ4v) is 4.18. The maximum Gasteiger partial charge on any atom is 0.270 e. The van der Waals surface area contributed by atoms with Crippen LogP contribution in [0.25, 0.3) is 22.0 Å². The molecule has 0 saturated carbocycles. The highest BCUT2D eigenvalue weighted by atomic mass is 16.5. The number of carbonyl (C=O) groups is 1. The lowest BCUT2D eigenvalue weighted by Crippen LogP contribution is -2.43. The summed E-state index contributed by atoms with van der Waals surface area (Å²) in [6, 6.07) is 17.7. The van der Waals surface area contributed by atoms with Gasteiger partial charge >= 0.3 is 0 Å². The third-order valence-corrected chi connectivity index (χ3v) is 6.17. The van der Waals surface area contributed by atoms with Crippen molar-refractivity contribution in [3.05, 3.63) is 66.4 Å². The molecule has 1 aliphatic heterocycles. The van der Waals surface area contributed by atoms with Crippen LogP contribution in [0.4, 0.5) is 5.69 Å². The maximum atomic E-state index is 12.9. The fraction of sp³-hybridized carbons (Fsp3) is 0.296. The van der Waals surface area contributed by atoms with E-state index in [1.165, 1.54) is 0 Å². The van der Waals surface area contributed by atoms with Crippen LogP contribution in [0, 0.1) is 11.3 Å². The molecule has 2 aromatic carbocycles. The number of pyridine rings is 1. The average Bonchev–Trinajstić information content (AvgIpc) is 2.87. The molecule has 1 aliphatic rings. The summed E-state index contributed by atoms with van der Waals surface area (Å²) in [5.74, 6) is 0.533. The van der Waals surface area contributed by atoms with Crippen molar-refractivity contribution in [1.29, 1.82) is 5.26 Å². The largest absolute Gasteiger partial charge is 0.495 e. The maximum absolute atomic E-state index is 12.9. The summed E-state index contributed by atoms with van der Waals surface area (Å²) >= 11 is 0. The van der Waals surface area contributed by atoms with E-state index >= 15 is 0 Å². The number of aromatic nitrogens is 1. The zero-order valence-corrected chi connectivity index (χ0v) is 19.6. The van der Waals surface area contributed by atoms with Crippen LogP contribution < -0.4 is 15.4 Å². The molecule has 0 spiro atoms. The number of ether oxygens (including phenoxy) is 1. The van der Waals surface area contributed by atoms with E-state index in [1.54, 1.807) is 13.2 Å². The first-order valence-electron chi connectivity index (χ1n) is 11.4. The van der Waals surface area contributed by atoms with Crippen molar-refractivity contribution in [2.24, 2.45) is 0 Å². The van der Waals surface area contributed by atoms with Crippen molar-refractivity contribution < 1.29 is 9.53 Å². The van der Waals surface area contributed by atoms with Gasteiger partial charge in [0.05, 0.1) is 24.6 Å². The predicted molar refractivity (Wildman–Crippen MR) is 135 cm³/mol. The van der Waals surface area contributed by atoms with E-state index in [0.717, 1.165) is 48.0 Å². The van der Waals surface area contributed by atoms with Crippen molar-refractivity contribution in [2.75, 3.05) is 39.1 Å². The second-order valence-electron chi connectivity index (χ2n) is 8.61. The lowest BCUT2D eigenvalue weighted by molar-refractivity contribution is 0.0912. The van der Waals surface area contributed by atoms with Gasteiger partial charge in [0.15, 0.2) is 0 Å². The smallest absolute Gasteiger partial charge is 0.270 e. The molecule has 1 saturated heterocycles. The Morgan fingerprint density at radius 3 is 2.74 bits per heavy atom. The zero-order valence-electron chi connectivity index (χ0n) is 19.6. The number of hydrogen-bond donors (Lipinski definition) is 2. The van der Waals surface area contributed by atoms with Crippen LogP contribution >= 0.6 is 0 Å². The quantitative estimate of drug-likeness (QED) is 0.518. The third-order valence-electron chi connectivity index (χ3n) is 6.17. The molecule has 0 aliphatic carbocycles. The molecular formula is C27H29N5O2. The first-order valence-corrected chi connectivity index (χ1v) is 11.4. The van der Waals surface area contributed by atoms with Gasteiger partial charge in [-0.3, -0.25) is 4.79 Å². The number of piperidine rings is 1. The Hall–Kier alpha value is -3.89. The summed E-state index contributed by atoms with van der Waals surface area (Å²) in [6.07, 6.45) is 1.89. The van der Waals surface area contributed by atoms with E-state index in [4.69, 9.17) is 10.00 Å². The number of likely N-dealkylation sites (tertiary alicyclic amines) is 1. The van der Waals surface area contributed by atoms with E-state index in [9.17, 15) is 4.79 Å². The summed E-state index contributed by atoms with van der Waals surface area (Å²) in [7, 11) is 3.71. The molecule has 7 nitrogen and oxygen atoms in total. The van der Waals surface area contributed by atoms with Crippen molar-refractivity contribution in [3.8, 4) is 23.1 Å². The fourth-order valence-electron chi connectivity index (χ4n) is 4.18. The highest BCUT2D eigenvalue weighted by molar-refractivity contribution is 5.99. The van der Waals surface area contributed by atoms with Gasteiger partial charge in [-0.15, -0.1) is 0 Å². The average molecular weight is 456 g/mol. The van der Waals surface area contributed by atoms with Crippen molar-refractivity contribution in [3.63, 3.8) is 0 Å².